The number of aliphatic carboxylic acids is 1. The second kappa shape index (κ2) is 7.82. The Labute approximate surface area is 147 Å². The number of nitrogens with two attached hydrogens (primary N) is 1. The molecule has 0 fully saturated rings. The van der Waals surface area contributed by atoms with E-state index in [9.17, 15) is 26.3 Å². The maximum Gasteiger partial charge on any atom is 0.573 e. The third-order valence-electron chi connectivity index (χ3n) is 2.57. The van der Waals surface area contributed by atoms with E-state index in [-0.39, 0.29) is 17.5 Å². The molecule has 0 saturated heterocycles. The summed E-state index contributed by atoms with van der Waals surface area (Å²) in [5, 5.41) is 10.9. The van der Waals surface area contributed by atoms with Crippen molar-refractivity contribution < 1.29 is 45.5 Å². The Morgan fingerprint density at radius 2 is 1.59 bits per heavy atom. The van der Waals surface area contributed by atoms with E-state index < -0.39 is 24.0 Å². The molecule has 3 N–H and O–H groups in total. The van der Waals surface area contributed by atoms with Gasteiger partial charge in [0.2, 0.25) is 11.7 Å². The normalized spacial score (nSPS) is 12.2. The minimum atomic E-state index is -5.08. The van der Waals surface area contributed by atoms with E-state index in [0.717, 1.165) is 0 Å². The summed E-state index contributed by atoms with van der Waals surface area (Å²) in [4.78, 5) is 13.0. The van der Waals surface area contributed by atoms with E-state index >= 15 is 0 Å². The highest BCUT2D eigenvalue weighted by Crippen LogP contribution is 2.26. The first kappa shape index (κ1) is 22.2. The van der Waals surface area contributed by atoms with Gasteiger partial charge in [-0.05, 0) is 38.1 Å². The third-order valence-corrected chi connectivity index (χ3v) is 2.57. The Balaban J connectivity index is 0.000000445. The number of carboxylic acids is 1. The predicted octanol–water partition coefficient (Wildman–Crippen LogP) is 3.46. The van der Waals surface area contributed by atoms with Crippen LogP contribution >= 0.6 is 0 Å². The predicted molar refractivity (Wildman–Crippen MR) is 77.3 cm³/mol. The van der Waals surface area contributed by atoms with Crippen LogP contribution in [0.3, 0.4) is 0 Å². The van der Waals surface area contributed by atoms with E-state index in [1.165, 1.54) is 24.3 Å². The molecule has 0 bridgehead atoms. The van der Waals surface area contributed by atoms with Crippen molar-refractivity contribution in [2.45, 2.75) is 31.9 Å². The molecular weight excluding hydrogens is 388 g/mol. The van der Waals surface area contributed by atoms with Gasteiger partial charge in [-0.1, -0.05) is 5.16 Å². The standard InChI is InChI=1S/C12H12F3N3O2.C2HF3O2/c1-11(2,16)10-17-9(18-20-10)7-3-5-8(6-4-7)19-12(13,14)15;3-2(4,5)1(6)7/h3-6H,16H2,1-2H3;(H,6,7). The molecule has 0 spiro atoms. The summed E-state index contributed by atoms with van der Waals surface area (Å²) in [5.41, 5.74) is 5.51. The average Bonchev–Trinajstić information content (AvgIpc) is 2.96. The van der Waals surface area contributed by atoms with Crippen LogP contribution in [0.15, 0.2) is 28.8 Å². The SMILES string of the molecule is CC(C)(N)c1nc(-c2ccc(OC(F)(F)F)cc2)no1.O=C(O)C(F)(F)F. The third kappa shape index (κ3) is 7.52. The summed E-state index contributed by atoms with van der Waals surface area (Å²) >= 11 is 0. The lowest BCUT2D eigenvalue weighted by molar-refractivity contribution is -0.274. The highest BCUT2D eigenvalue weighted by Gasteiger charge is 2.38. The number of alkyl halides is 6. The molecule has 7 nitrogen and oxygen atoms in total. The first-order valence-corrected chi connectivity index (χ1v) is 6.89. The summed E-state index contributed by atoms with van der Waals surface area (Å²) in [7, 11) is 0. The highest BCUT2D eigenvalue weighted by molar-refractivity contribution is 5.73. The maximum atomic E-state index is 12.0. The summed E-state index contributed by atoms with van der Waals surface area (Å²) in [6.45, 7) is 3.40. The van der Waals surface area contributed by atoms with Crippen molar-refractivity contribution in [1.29, 1.82) is 0 Å². The number of aromatic nitrogens is 2. The summed E-state index contributed by atoms with van der Waals surface area (Å²) in [5.74, 6) is -2.59. The summed E-state index contributed by atoms with van der Waals surface area (Å²) in [6.07, 6.45) is -9.80. The molecule has 0 amide bonds. The molecule has 0 radical (unpaired) electrons. The molecule has 0 aliphatic heterocycles. The number of benzene rings is 1. The second-order valence-corrected chi connectivity index (χ2v) is 5.52. The molecule has 0 aliphatic rings. The van der Waals surface area contributed by atoms with Crippen LogP contribution in [-0.2, 0) is 10.3 Å². The number of hydrogen-bond acceptors (Lipinski definition) is 6. The van der Waals surface area contributed by atoms with Gasteiger partial charge in [0.1, 0.15) is 5.75 Å². The number of halogens is 6. The van der Waals surface area contributed by atoms with Crippen molar-refractivity contribution in [3.63, 3.8) is 0 Å². The molecule has 2 aromatic rings. The van der Waals surface area contributed by atoms with Crippen molar-refractivity contribution in [3.05, 3.63) is 30.2 Å². The molecule has 1 aromatic carbocycles. The van der Waals surface area contributed by atoms with E-state index in [2.05, 4.69) is 14.9 Å². The van der Waals surface area contributed by atoms with Crippen molar-refractivity contribution >= 4 is 5.97 Å². The Morgan fingerprint density at radius 1 is 1.11 bits per heavy atom. The quantitative estimate of drug-likeness (QED) is 0.758. The molecule has 27 heavy (non-hydrogen) atoms. The van der Waals surface area contributed by atoms with E-state index in [1.54, 1.807) is 13.8 Å². The first-order valence-electron chi connectivity index (χ1n) is 6.89. The smallest absolute Gasteiger partial charge is 0.475 e. The number of ether oxygens (including phenoxy) is 1. The minimum absolute atomic E-state index is 0.239. The van der Waals surface area contributed by atoms with Crippen LogP contribution in [0.1, 0.15) is 19.7 Å². The van der Waals surface area contributed by atoms with Gasteiger partial charge >= 0.3 is 18.5 Å². The lowest BCUT2D eigenvalue weighted by Crippen LogP contribution is -2.28. The van der Waals surface area contributed by atoms with Crippen LogP contribution in [0.4, 0.5) is 26.3 Å². The van der Waals surface area contributed by atoms with Gasteiger partial charge in [0, 0.05) is 5.56 Å². The lowest BCUT2D eigenvalue weighted by Gasteiger charge is -2.10. The Bertz CT molecular complexity index is 763. The zero-order chi connectivity index (χ0) is 21.0. The summed E-state index contributed by atoms with van der Waals surface area (Å²) < 4.78 is 76.6. The zero-order valence-corrected chi connectivity index (χ0v) is 13.7. The van der Waals surface area contributed by atoms with Gasteiger partial charge in [-0.2, -0.15) is 18.2 Å². The Hall–Kier alpha value is -2.83. The van der Waals surface area contributed by atoms with Crippen LogP contribution < -0.4 is 10.5 Å². The van der Waals surface area contributed by atoms with E-state index in [0.29, 0.717) is 5.56 Å². The topological polar surface area (TPSA) is 111 Å². The number of hydrogen-bond donors (Lipinski definition) is 2. The fourth-order valence-electron chi connectivity index (χ4n) is 1.41. The van der Waals surface area contributed by atoms with Crippen molar-refractivity contribution in [2.24, 2.45) is 5.73 Å². The molecule has 150 valence electrons. The van der Waals surface area contributed by atoms with Crippen LogP contribution in [0, 0.1) is 0 Å². The molecule has 0 saturated carbocycles. The molecule has 0 atom stereocenters. The largest absolute Gasteiger partial charge is 0.573 e. The molecule has 13 heteroatoms. The minimum Gasteiger partial charge on any atom is -0.475 e. The average molecular weight is 401 g/mol. The first-order chi connectivity index (χ1) is 12.1. The second-order valence-electron chi connectivity index (χ2n) is 5.52. The van der Waals surface area contributed by atoms with Gasteiger partial charge < -0.3 is 20.1 Å². The van der Waals surface area contributed by atoms with Crippen molar-refractivity contribution in [1.82, 2.24) is 10.1 Å². The van der Waals surface area contributed by atoms with Crippen LogP contribution in [0.2, 0.25) is 0 Å². The van der Waals surface area contributed by atoms with E-state index in [4.69, 9.17) is 20.2 Å². The molecule has 0 unspecified atom stereocenters. The highest BCUT2D eigenvalue weighted by atomic mass is 19.4. The molecule has 1 aromatic heterocycles. The fraction of sp³-hybridized carbons (Fsp3) is 0.357. The fourth-order valence-corrected chi connectivity index (χ4v) is 1.41. The Kier molecular flexibility index (Phi) is 6.43. The molecule has 2 rings (SSSR count). The van der Waals surface area contributed by atoms with Gasteiger partial charge in [0.25, 0.3) is 0 Å². The van der Waals surface area contributed by atoms with Crippen LogP contribution in [-0.4, -0.2) is 33.8 Å². The molecule has 1 heterocycles. The number of carboxylic acid groups (broad SMARTS) is 1. The monoisotopic (exact) mass is 401 g/mol. The van der Waals surface area contributed by atoms with Crippen LogP contribution in [0.25, 0.3) is 11.4 Å². The molecular formula is C14H13F6N3O4. The van der Waals surface area contributed by atoms with E-state index in [1.807, 2.05) is 0 Å². The van der Waals surface area contributed by atoms with Gasteiger partial charge in [0.05, 0.1) is 5.54 Å². The zero-order valence-electron chi connectivity index (χ0n) is 13.7. The van der Waals surface area contributed by atoms with Crippen molar-refractivity contribution in [2.75, 3.05) is 0 Å². The molecule has 0 aliphatic carbocycles. The van der Waals surface area contributed by atoms with Gasteiger partial charge in [-0.25, -0.2) is 4.79 Å². The number of carbonyl (C=O) groups is 1. The maximum absolute atomic E-state index is 12.0. The number of nitrogens with zero attached hydrogens (tertiary/aromatic N) is 2. The van der Waals surface area contributed by atoms with Gasteiger partial charge in [-0.15, -0.1) is 13.2 Å². The van der Waals surface area contributed by atoms with Crippen molar-refractivity contribution in [3.8, 4) is 17.1 Å². The summed E-state index contributed by atoms with van der Waals surface area (Å²) in [6, 6.07) is 5.15. The number of rotatable bonds is 3. The van der Waals surface area contributed by atoms with Gasteiger partial charge in [-0.3, -0.25) is 0 Å². The lowest BCUT2D eigenvalue weighted by atomic mass is 10.1. The Morgan fingerprint density at radius 3 is 1.93 bits per heavy atom. The van der Waals surface area contributed by atoms with Crippen LogP contribution in [0.5, 0.6) is 5.75 Å². The van der Waals surface area contributed by atoms with Gasteiger partial charge in [0.15, 0.2) is 0 Å².